The smallest absolute Gasteiger partial charge is 0.233 e. The van der Waals surface area contributed by atoms with Gasteiger partial charge in [-0.3, -0.25) is 0 Å². The van der Waals surface area contributed by atoms with E-state index in [1.54, 1.807) is 23.0 Å². The first kappa shape index (κ1) is 17.9. The largest absolute Gasteiger partial charge is 0.507 e. The van der Waals surface area contributed by atoms with Crippen LogP contribution >= 0.6 is 0 Å². The molecule has 0 aliphatic carbocycles. The maximum atomic E-state index is 10.5. The number of nitrogens with zero attached hydrogens (tertiary/aromatic N) is 4. The molecule has 4 heterocycles. The van der Waals surface area contributed by atoms with Crippen LogP contribution in [0.3, 0.4) is 0 Å². The number of phenols is 1. The number of nitrogen functional groups attached to an aromatic ring is 1. The number of nitrogens with two attached hydrogens (primary N) is 1. The van der Waals surface area contributed by atoms with Gasteiger partial charge >= 0.3 is 0 Å². The quantitative estimate of drug-likeness (QED) is 0.626. The van der Waals surface area contributed by atoms with Crippen molar-refractivity contribution in [1.82, 2.24) is 25.3 Å². The molecular formula is C21H24N6O2. The fourth-order valence-electron chi connectivity index (χ4n) is 4.35. The fraction of sp³-hybridized carbons (Fsp3) is 0.381. The van der Waals surface area contributed by atoms with Gasteiger partial charge in [-0.2, -0.15) is 5.10 Å². The topological polar surface area (TPSA) is 111 Å². The Kier molecular flexibility index (Phi) is 4.35. The van der Waals surface area contributed by atoms with Gasteiger partial charge in [0, 0.05) is 29.8 Å². The highest BCUT2D eigenvalue weighted by Crippen LogP contribution is 2.32. The Balaban J connectivity index is 1.32. The van der Waals surface area contributed by atoms with Gasteiger partial charge in [0.1, 0.15) is 11.9 Å². The highest BCUT2D eigenvalue weighted by atomic mass is 16.5. The standard InChI is InChI=1S/C21H24N6O2/c1-12-18(22)11-23-27(12)15-4-5-17(20(28)10-15)19-6-7-21(26-25-19)29-16-8-13-2-3-14(9-16)24-13/h4-7,10-11,13-14,16,24,28H,2-3,8-9,22H2,1H3/t13-,14+,16+. The molecule has 0 amide bonds. The lowest BCUT2D eigenvalue weighted by Crippen LogP contribution is -2.42. The number of aromatic hydroxyl groups is 1. The first-order valence-electron chi connectivity index (χ1n) is 9.97. The summed E-state index contributed by atoms with van der Waals surface area (Å²) in [6.07, 6.45) is 6.27. The van der Waals surface area contributed by atoms with Crippen molar-refractivity contribution >= 4 is 5.69 Å². The van der Waals surface area contributed by atoms with Gasteiger partial charge in [-0.25, -0.2) is 4.68 Å². The van der Waals surface area contributed by atoms with E-state index in [2.05, 4.69) is 20.6 Å². The SMILES string of the molecule is Cc1c(N)cnn1-c1ccc(-c2ccc(O[C@H]3C[C@H]4CC[C@@H](C3)N4)nn2)c(O)c1. The van der Waals surface area contributed by atoms with Gasteiger partial charge in [0.05, 0.1) is 29.0 Å². The number of nitrogens with one attached hydrogen (secondary N) is 1. The zero-order chi connectivity index (χ0) is 20.0. The van der Waals surface area contributed by atoms with Crippen LogP contribution in [0.5, 0.6) is 11.6 Å². The summed E-state index contributed by atoms with van der Waals surface area (Å²) in [5.41, 5.74) is 9.21. The lowest BCUT2D eigenvalue weighted by atomic mass is 10.0. The minimum Gasteiger partial charge on any atom is -0.507 e. The molecule has 29 heavy (non-hydrogen) atoms. The van der Waals surface area contributed by atoms with Gasteiger partial charge in [0.15, 0.2) is 0 Å². The van der Waals surface area contributed by atoms with Crippen molar-refractivity contribution < 1.29 is 9.84 Å². The molecule has 3 aromatic rings. The van der Waals surface area contributed by atoms with E-state index in [9.17, 15) is 5.11 Å². The van der Waals surface area contributed by atoms with Crippen molar-refractivity contribution in [2.24, 2.45) is 0 Å². The molecule has 0 unspecified atom stereocenters. The van der Waals surface area contributed by atoms with Gasteiger partial charge in [-0.15, -0.1) is 10.2 Å². The molecule has 8 nitrogen and oxygen atoms in total. The third-order valence-electron chi connectivity index (χ3n) is 5.91. The molecule has 2 aromatic heterocycles. The summed E-state index contributed by atoms with van der Waals surface area (Å²) in [6, 6.07) is 10.1. The van der Waals surface area contributed by atoms with Gasteiger partial charge in [-0.1, -0.05) is 0 Å². The maximum absolute atomic E-state index is 10.5. The molecule has 0 saturated carbocycles. The van der Waals surface area contributed by atoms with E-state index < -0.39 is 0 Å². The molecule has 2 aliphatic heterocycles. The number of phenolic OH excluding ortho intramolecular Hbond substituents is 1. The van der Waals surface area contributed by atoms with E-state index in [-0.39, 0.29) is 11.9 Å². The van der Waals surface area contributed by atoms with E-state index in [1.807, 2.05) is 25.1 Å². The second-order valence-corrected chi connectivity index (χ2v) is 7.90. The van der Waals surface area contributed by atoms with Crippen molar-refractivity contribution in [1.29, 1.82) is 0 Å². The van der Waals surface area contributed by atoms with Crippen LogP contribution in [0.4, 0.5) is 5.69 Å². The molecule has 2 saturated heterocycles. The Morgan fingerprint density at radius 3 is 2.55 bits per heavy atom. The molecule has 4 N–H and O–H groups in total. The highest BCUT2D eigenvalue weighted by Gasteiger charge is 2.34. The number of benzene rings is 1. The third kappa shape index (κ3) is 3.40. The maximum Gasteiger partial charge on any atom is 0.233 e. The summed E-state index contributed by atoms with van der Waals surface area (Å²) < 4.78 is 7.74. The zero-order valence-electron chi connectivity index (χ0n) is 16.2. The summed E-state index contributed by atoms with van der Waals surface area (Å²) in [4.78, 5) is 0. The molecule has 150 valence electrons. The summed E-state index contributed by atoms with van der Waals surface area (Å²) >= 11 is 0. The van der Waals surface area contributed by atoms with E-state index in [1.165, 1.54) is 12.8 Å². The average Bonchev–Trinajstić information content (AvgIpc) is 3.23. The van der Waals surface area contributed by atoms with E-state index in [4.69, 9.17) is 10.5 Å². The van der Waals surface area contributed by atoms with Crippen LogP contribution in [0.15, 0.2) is 36.5 Å². The predicted octanol–water partition coefficient (Wildman–Crippen LogP) is 2.59. The molecule has 3 atom stereocenters. The number of piperidine rings is 1. The van der Waals surface area contributed by atoms with Gasteiger partial charge in [-0.05, 0) is 50.8 Å². The van der Waals surface area contributed by atoms with Gasteiger partial charge < -0.3 is 20.9 Å². The first-order chi connectivity index (χ1) is 14.1. The second-order valence-electron chi connectivity index (χ2n) is 7.90. The van der Waals surface area contributed by atoms with Crippen molar-refractivity contribution in [2.75, 3.05) is 5.73 Å². The van der Waals surface area contributed by atoms with Crippen LogP contribution in [-0.2, 0) is 0 Å². The Morgan fingerprint density at radius 1 is 1.14 bits per heavy atom. The van der Waals surface area contributed by atoms with E-state index in [0.29, 0.717) is 34.9 Å². The van der Waals surface area contributed by atoms with Crippen molar-refractivity contribution in [3.8, 4) is 28.6 Å². The second kappa shape index (κ2) is 7.04. The predicted molar refractivity (Wildman–Crippen MR) is 109 cm³/mol. The Bertz CT molecular complexity index is 1020. The fourth-order valence-corrected chi connectivity index (χ4v) is 4.35. The van der Waals surface area contributed by atoms with Gasteiger partial charge in [0.2, 0.25) is 5.88 Å². The van der Waals surface area contributed by atoms with Crippen LogP contribution in [-0.4, -0.2) is 43.3 Å². The highest BCUT2D eigenvalue weighted by molar-refractivity contribution is 5.68. The number of anilines is 1. The average molecular weight is 392 g/mol. The van der Waals surface area contributed by atoms with Crippen molar-refractivity contribution in [3.05, 3.63) is 42.2 Å². The normalized spacial score (nSPS) is 23.3. The molecule has 0 radical (unpaired) electrons. The summed E-state index contributed by atoms with van der Waals surface area (Å²) in [5, 5.41) is 26.9. The van der Waals surface area contributed by atoms with Crippen LogP contribution in [0.2, 0.25) is 0 Å². The minimum absolute atomic E-state index is 0.105. The Labute approximate surface area is 168 Å². The summed E-state index contributed by atoms with van der Waals surface area (Å²) in [7, 11) is 0. The summed E-state index contributed by atoms with van der Waals surface area (Å²) in [6.45, 7) is 1.88. The first-order valence-corrected chi connectivity index (χ1v) is 9.97. The molecule has 0 spiro atoms. The van der Waals surface area contributed by atoms with Crippen LogP contribution in [0.25, 0.3) is 16.9 Å². The molecule has 2 fully saturated rings. The number of ether oxygens (including phenoxy) is 1. The molecule has 8 heteroatoms. The third-order valence-corrected chi connectivity index (χ3v) is 5.91. The number of hydrogen-bond acceptors (Lipinski definition) is 7. The van der Waals surface area contributed by atoms with Crippen LogP contribution < -0.4 is 15.8 Å². The van der Waals surface area contributed by atoms with Crippen molar-refractivity contribution in [2.45, 2.75) is 50.8 Å². The molecule has 2 bridgehead atoms. The lowest BCUT2D eigenvalue weighted by molar-refractivity contribution is 0.130. The summed E-state index contributed by atoms with van der Waals surface area (Å²) in [5.74, 6) is 0.632. The molecule has 2 aliphatic rings. The molecule has 1 aromatic carbocycles. The molecule has 5 rings (SSSR count). The monoisotopic (exact) mass is 392 g/mol. The lowest BCUT2D eigenvalue weighted by Gasteiger charge is -2.28. The van der Waals surface area contributed by atoms with E-state index >= 15 is 0 Å². The minimum atomic E-state index is 0.105. The number of rotatable bonds is 4. The Morgan fingerprint density at radius 2 is 1.93 bits per heavy atom. The molecular weight excluding hydrogens is 368 g/mol. The van der Waals surface area contributed by atoms with Crippen LogP contribution in [0, 0.1) is 6.92 Å². The van der Waals surface area contributed by atoms with Crippen LogP contribution in [0.1, 0.15) is 31.4 Å². The van der Waals surface area contributed by atoms with E-state index in [0.717, 1.165) is 24.2 Å². The zero-order valence-corrected chi connectivity index (χ0v) is 16.2. The van der Waals surface area contributed by atoms with Crippen molar-refractivity contribution in [3.63, 3.8) is 0 Å². The Hall–Kier alpha value is -3.13. The number of aromatic nitrogens is 4. The number of fused-ring (bicyclic) bond motifs is 2. The van der Waals surface area contributed by atoms with Gasteiger partial charge in [0.25, 0.3) is 0 Å². The number of hydrogen-bond donors (Lipinski definition) is 3.